The van der Waals surface area contributed by atoms with Gasteiger partial charge in [0.25, 0.3) is 0 Å². The van der Waals surface area contributed by atoms with Crippen LogP contribution in [0.25, 0.3) is 0 Å². The molecule has 0 aromatic heterocycles. The fourth-order valence-corrected chi connectivity index (χ4v) is 3.94. The molecule has 100 valence electrons. The molecular weight excluding hydrogens is 248 g/mol. The van der Waals surface area contributed by atoms with E-state index in [0.29, 0.717) is 17.1 Å². The minimum absolute atomic E-state index is 0.183. The van der Waals surface area contributed by atoms with Gasteiger partial charge < -0.3 is 5.73 Å². The molecule has 0 saturated heterocycles. The summed E-state index contributed by atoms with van der Waals surface area (Å²) >= 11 is 0. The minimum atomic E-state index is -3.40. The molecule has 0 aliphatic heterocycles. The number of benzene rings is 1. The highest BCUT2D eigenvalue weighted by Crippen LogP contribution is 2.33. The highest BCUT2D eigenvalue weighted by molar-refractivity contribution is 7.89. The summed E-state index contributed by atoms with van der Waals surface area (Å²) in [5, 5.41) is 0. The molecule has 0 unspecified atom stereocenters. The van der Waals surface area contributed by atoms with Crippen molar-refractivity contribution in [3.05, 3.63) is 23.3 Å². The van der Waals surface area contributed by atoms with Gasteiger partial charge in [0.15, 0.2) is 0 Å². The van der Waals surface area contributed by atoms with Gasteiger partial charge in [0.05, 0.1) is 4.90 Å². The third kappa shape index (κ3) is 2.24. The third-order valence-electron chi connectivity index (χ3n) is 3.55. The van der Waals surface area contributed by atoms with E-state index in [4.69, 9.17) is 5.73 Å². The van der Waals surface area contributed by atoms with Gasteiger partial charge in [-0.3, -0.25) is 0 Å². The molecule has 0 spiro atoms. The Morgan fingerprint density at radius 2 is 1.94 bits per heavy atom. The lowest BCUT2D eigenvalue weighted by molar-refractivity contribution is 0.421. The van der Waals surface area contributed by atoms with E-state index in [1.807, 2.05) is 20.8 Å². The van der Waals surface area contributed by atoms with E-state index in [9.17, 15) is 8.42 Å². The number of nitrogens with zero attached hydrogens (tertiary/aromatic N) is 1. The minimum Gasteiger partial charge on any atom is -0.398 e. The Labute approximate surface area is 109 Å². The summed E-state index contributed by atoms with van der Waals surface area (Å²) in [5.41, 5.74) is 8.28. The monoisotopic (exact) mass is 268 g/mol. The summed E-state index contributed by atoms with van der Waals surface area (Å²) in [6.45, 7) is 6.18. The number of nitrogens with two attached hydrogens (primary N) is 1. The molecule has 0 heterocycles. The Morgan fingerprint density at radius 3 is 2.39 bits per heavy atom. The predicted octanol–water partition coefficient (Wildman–Crippen LogP) is 2.06. The molecule has 1 aromatic carbocycles. The topological polar surface area (TPSA) is 63.4 Å². The second-order valence-electron chi connectivity index (χ2n) is 4.89. The van der Waals surface area contributed by atoms with E-state index in [-0.39, 0.29) is 6.04 Å². The lowest BCUT2D eigenvalue weighted by Crippen LogP contribution is -2.33. The molecule has 0 bridgehead atoms. The molecule has 5 heteroatoms. The number of sulfonamides is 1. The van der Waals surface area contributed by atoms with Gasteiger partial charge in [-0.2, -0.15) is 4.31 Å². The zero-order valence-electron chi connectivity index (χ0n) is 11.1. The Morgan fingerprint density at radius 1 is 1.33 bits per heavy atom. The lowest BCUT2D eigenvalue weighted by atomic mass is 10.1. The van der Waals surface area contributed by atoms with E-state index in [2.05, 4.69) is 0 Å². The van der Waals surface area contributed by atoms with Crippen molar-refractivity contribution in [2.75, 3.05) is 12.3 Å². The van der Waals surface area contributed by atoms with Crippen LogP contribution in [-0.4, -0.2) is 25.3 Å². The van der Waals surface area contributed by atoms with E-state index in [1.54, 1.807) is 16.4 Å². The van der Waals surface area contributed by atoms with Gasteiger partial charge in [0.2, 0.25) is 10.0 Å². The molecule has 0 radical (unpaired) electrons. The normalized spacial score (nSPS) is 16.2. The molecular formula is C13H20N2O2S. The Balaban J connectivity index is 2.46. The molecule has 18 heavy (non-hydrogen) atoms. The second-order valence-corrected chi connectivity index (χ2v) is 6.78. The number of aryl methyl sites for hydroxylation is 1. The van der Waals surface area contributed by atoms with Gasteiger partial charge in [-0.25, -0.2) is 8.42 Å². The third-order valence-corrected chi connectivity index (χ3v) is 5.56. The zero-order chi connectivity index (χ0) is 13.5. The summed E-state index contributed by atoms with van der Waals surface area (Å²) in [6.07, 6.45) is 1.93. The molecule has 1 fully saturated rings. The van der Waals surface area contributed by atoms with E-state index in [1.165, 1.54) is 0 Å². The van der Waals surface area contributed by atoms with Crippen molar-refractivity contribution in [1.29, 1.82) is 0 Å². The quantitative estimate of drug-likeness (QED) is 0.850. The van der Waals surface area contributed by atoms with Crippen molar-refractivity contribution in [2.24, 2.45) is 0 Å². The number of hydrogen-bond donors (Lipinski definition) is 1. The van der Waals surface area contributed by atoms with Crippen molar-refractivity contribution >= 4 is 15.7 Å². The first-order valence-electron chi connectivity index (χ1n) is 6.26. The average Bonchev–Trinajstić information content (AvgIpc) is 3.10. The average molecular weight is 268 g/mol. The largest absolute Gasteiger partial charge is 0.398 e. The van der Waals surface area contributed by atoms with Gasteiger partial charge in [0.1, 0.15) is 0 Å². The van der Waals surface area contributed by atoms with E-state index >= 15 is 0 Å². The SMILES string of the molecule is CCN(C1CC1)S(=O)(=O)c1cc(C)c(C)c(N)c1. The molecule has 2 rings (SSSR count). The van der Waals surface area contributed by atoms with Crippen LogP contribution in [0.5, 0.6) is 0 Å². The summed E-state index contributed by atoms with van der Waals surface area (Å²) in [6, 6.07) is 3.47. The fourth-order valence-electron chi connectivity index (χ4n) is 2.12. The van der Waals surface area contributed by atoms with Crippen LogP contribution < -0.4 is 5.73 Å². The molecule has 1 aliphatic carbocycles. The fraction of sp³-hybridized carbons (Fsp3) is 0.538. The van der Waals surface area contributed by atoms with Crippen LogP contribution in [-0.2, 0) is 10.0 Å². The first kappa shape index (κ1) is 13.4. The summed E-state index contributed by atoms with van der Waals surface area (Å²) < 4.78 is 26.6. The molecule has 0 amide bonds. The van der Waals surface area contributed by atoms with Crippen LogP contribution in [0, 0.1) is 13.8 Å². The highest BCUT2D eigenvalue weighted by atomic mass is 32.2. The van der Waals surface area contributed by atoms with Crippen LogP contribution in [0.4, 0.5) is 5.69 Å². The van der Waals surface area contributed by atoms with Crippen LogP contribution in [0.2, 0.25) is 0 Å². The molecule has 1 aromatic rings. The first-order chi connectivity index (χ1) is 8.37. The second kappa shape index (κ2) is 4.55. The van der Waals surface area contributed by atoms with Gasteiger partial charge >= 0.3 is 0 Å². The number of nitrogen functional groups attached to an aromatic ring is 1. The van der Waals surface area contributed by atoms with Gasteiger partial charge in [0, 0.05) is 18.3 Å². The Hall–Kier alpha value is -1.07. The number of hydrogen-bond acceptors (Lipinski definition) is 3. The van der Waals surface area contributed by atoms with Crippen molar-refractivity contribution in [3.8, 4) is 0 Å². The van der Waals surface area contributed by atoms with Crippen molar-refractivity contribution < 1.29 is 8.42 Å². The van der Waals surface area contributed by atoms with Crippen molar-refractivity contribution in [3.63, 3.8) is 0 Å². The molecule has 4 nitrogen and oxygen atoms in total. The maximum absolute atomic E-state index is 12.5. The predicted molar refractivity (Wildman–Crippen MR) is 72.9 cm³/mol. The van der Waals surface area contributed by atoms with Gasteiger partial charge in [-0.05, 0) is 49.9 Å². The summed E-state index contributed by atoms with van der Waals surface area (Å²) in [7, 11) is -3.40. The van der Waals surface area contributed by atoms with Crippen molar-refractivity contribution in [2.45, 2.75) is 44.6 Å². The first-order valence-corrected chi connectivity index (χ1v) is 7.70. The highest BCUT2D eigenvalue weighted by Gasteiger charge is 2.37. The van der Waals surface area contributed by atoms with Gasteiger partial charge in [-0.1, -0.05) is 6.92 Å². The maximum Gasteiger partial charge on any atom is 0.243 e. The smallest absolute Gasteiger partial charge is 0.243 e. The molecule has 1 aliphatic rings. The number of anilines is 1. The Bertz CT molecular complexity index is 539. The summed E-state index contributed by atoms with van der Waals surface area (Å²) in [5.74, 6) is 0. The maximum atomic E-state index is 12.5. The van der Waals surface area contributed by atoms with Gasteiger partial charge in [-0.15, -0.1) is 0 Å². The molecule has 2 N–H and O–H groups in total. The van der Waals surface area contributed by atoms with E-state index in [0.717, 1.165) is 24.0 Å². The Kier molecular flexibility index (Phi) is 3.38. The summed E-state index contributed by atoms with van der Waals surface area (Å²) in [4.78, 5) is 0.317. The van der Waals surface area contributed by atoms with E-state index < -0.39 is 10.0 Å². The zero-order valence-corrected chi connectivity index (χ0v) is 11.9. The standard InChI is InChI=1S/C13H20N2O2S/c1-4-15(11-5-6-11)18(16,17)12-7-9(2)10(3)13(14)8-12/h7-8,11H,4-6,14H2,1-3H3. The molecule has 1 saturated carbocycles. The van der Waals surface area contributed by atoms with Crippen LogP contribution in [0.1, 0.15) is 30.9 Å². The van der Waals surface area contributed by atoms with Crippen molar-refractivity contribution in [1.82, 2.24) is 4.31 Å². The van der Waals surface area contributed by atoms with Crippen LogP contribution in [0.3, 0.4) is 0 Å². The lowest BCUT2D eigenvalue weighted by Gasteiger charge is -2.21. The molecule has 0 atom stereocenters. The number of rotatable bonds is 4. The van der Waals surface area contributed by atoms with Crippen LogP contribution in [0.15, 0.2) is 17.0 Å². The van der Waals surface area contributed by atoms with Crippen LogP contribution >= 0.6 is 0 Å².